The summed E-state index contributed by atoms with van der Waals surface area (Å²) in [5.74, 6) is 0.270. The van der Waals surface area contributed by atoms with E-state index in [1.54, 1.807) is 16.0 Å². The first-order valence-corrected chi connectivity index (χ1v) is 9.08. The predicted octanol–water partition coefficient (Wildman–Crippen LogP) is 2.66. The minimum atomic E-state index is -0.0557. The second-order valence-electron chi connectivity index (χ2n) is 6.43. The Kier molecular flexibility index (Phi) is 4.75. The summed E-state index contributed by atoms with van der Waals surface area (Å²) in [5.41, 5.74) is 2.77. The molecule has 0 bridgehead atoms. The lowest BCUT2D eigenvalue weighted by Gasteiger charge is -2.34. The fourth-order valence-electron chi connectivity index (χ4n) is 2.81. The van der Waals surface area contributed by atoms with Gasteiger partial charge in [-0.2, -0.15) is 5.10 Å². The normalized spacial score (nSPS) is 15.2. The van der Waals surface area contributed by atoms with Gasteiger partial charge in [0.25, 0.3) is 0 Å². The Hall–Kier alpha value is -2.09. The van der Waals surface area contributed by atoms with E-state index in [1.165, 1.54) is 0 Å². The molecule has 1 saturated heterocycles. The number of anilines is 2. The lowest BCUT2D eigenvalue weighted by atomic mass is 10.1. The topological polar surface area (TPSA) is 66.3 Å². The molecule has 0 spiro atoms. The van der Waals surface area contributed by atoms with Crippen molar-refractivity contribution in [3.8, 4) is 0 Å². The van der Waals surface area contributed by atoms with E-state index in [-0.39, 0.29) is 11.9 Å². The van der Waals surface area contributed by atoms with Gasteiger partial charge in [0.1, 0.15) is 0 Å². The van der Waals surface area contributed by atoms with E-state index in [0.717, 1.165) is 35.3 Å². The zero-order valence-corrected chi connectivity index (χ0v) is 15.4. The molecule has 0 radical (unpaired) electrons. The van der Waals surface area contributed by atoms with E-state index in [2.05, 4.69) is 39.5 Å². The van der Waals surface area contributed by atoms with Crippen molar-refractivity contribution >= 4 is 28.2 Å². The second kappa shape index (κ2) is 6.80. The minimum Gasteiger partial charge on any atom is -0.345 e. The van der Waals surface area contributed by atoms with Gasteiger partial charge in [0.2, 0.25) is 0 Å². The Morgan fingerprint density at radius 3 is 2.58 bits per heavy atom. The number of nitrogens with one attached hydrogen (secondary N) is 1. The summed E-state index contributed by atoms with van der Waals surface area (Å²) >= 11 is 1.66. The molecule has 2 amide bonds. The van der Waals surface area contributed by atoms with E-state index in [1.807, 2.05) is 25.1 Å². The molecule has 0 unspecified atom stereocenters. The molecule has 3 rings (SSSR count). The maximum atomic E-state index is 12.5. The van der Waals surface area contributed by atoms with Crippen LogP contribution in [-0.4, -0.2) is 51.9 Å². The van der Waals surface area contributed by atoms with Crippen molar-refractivity contribution in [3.05, 3.63) is 23.0 Å². The third-order valence-corrected chi connectivity index (χ3v) is 5.11. The molecule has 2 aromatic heterocycles. The zero-order valence-electron chi connectivity index (χ0n) is 14.6. The van der Waals surface area contributed by atoms with Crippen LogP contribution in [0.25, 0.3) is 0 Å². The van der Waals surface area contributed by atoms with Crippen molar-refractivity contribution in [2.75, 3.05) is 36.4 Å². The smallest absolute Gasteiger partial charge is 0.322 e. The number of aromatic nitrogens is 3. The summed E-state index contributed by atoms with van der Waals surface area (Å²) in [7, 11) is 1.87. The number of rotatable bonds is 3. The molecule has 1 aliphatic heterocycles. The number of hydrogen-bond acceptors (Lipinski definition) is 5. The van der Waals surface area contributed by atoms with Gasteiger partial charge in [-0.15, -0.1) is 11.3 Å². The number of piperazine rings is 1. The Balaban J connectivity index is 1.59. The quantitative estimate of drug-likeness (QED) is 0.926. The molecule has 2 aromatic rings. The largest absolute Gasteiger partial charge is 0.345 e. The number of carbonyl (C=O) groups excluding carboxylic acids is 1. The third-order valence-electron chi connectivity index (χ3n) is 4.09. The molecule has 7 nitrogen and oxygen atoms in total. The Labute approximate surface area is 146 Å². The number of nitrogens with zero attached hydrogens (tertiary/aromatic N) is 5. The van der Waals surface area contributed by atoms with Gasteiger partial charge in [0.15, 0.2) is 5.13 Å². The summed E-state index contributed by atoms with van der Waals surface area (Å²) in [6.07, 6.45) is 1.86. The SMILES string of the molecule is Cc1csc(N2CCN(C(=O)Nc3cn(C)nc3C(C)C)CC2)n1. The lowest BCUT2D eigenvalue weighted by Crippen LogP contribution is -2.50. The number of urea groups is 1. The molecule has 0 aliphatic carbocycles. The van der Waals surface area contributed by atoms with Gasteiger partial charge in [-0.3, -0.25) is 4.68 Å². The average Bonchev–Trinajstić information content (AvgIpc) is 3.13. The first-order valence-electron chi connectivity index (χ1n) is 8.20. The van der Waals surface area contributed by atoms with Crippen LogP contribution in [0.2, 0.25) is 0 Å². The molecule has 0 saturated carbocycles. The Morgan fingerprint density at radius 2 is 2.00 bits per heavy atom. The molecule has 24 heavy (non-hydrogen) atoms. The maximum Gasteiger partial charge on any atom is 0.322 e. The standard InChI is InChI=1S/C16H24N6OS/c1-11(2)14-13(9-20(4)19-14)18-15(23)21-5-7-22(8-6-21)16-17-12(3)10-24-16/h9-11H,5-8H2,1-4H3,(H,18,23). The fraction of sp³-hybridized carbons (Fsp3) is 0.562. The van der Waals surface area contributed by atoms with Crippen LogP contribution in [0.1, 0.15) is 31.2 Å². The van der Waals surface area contributed by atoms with Gasteiger partial charge in [-0.1, -0.05) is 13.8 Å². The van der Waals surface area contributed by atoms with Crippen molar-refractivity contribution in [2.24, 2.45) is 7.05 Å². The van der Waals surface area contributed by atoms with Gasteiger partial charge in [0, 0.05) is 44.8 Å². The highest BCUT2D eigenvalue weighted by Crippen LogP contribution is 2.24. The highest BCUT2D eigenvalue weighted by Gasteiger charge is 2.24. The molecule has 1 N–H and O–H groups in total. The molecular weight excluding hydrogens is 324 g/mol. The molecule has 1 aliphatic rings. The second-order valence-corrected chi connectivity index (χ2v) is 7.27. The van der Waals surface area contributed by atoms with Crippen LogP contribution in [0.15, 0.2) is 11.6 Å². The summed E-state index contributed by atoms with van der Waals surface area (Å²) in [4.78, 5) is 21.2. The zero-order chi connectivity index (χ0) is 17.3. The molecule has 0 aromatic carbocycles. The minimum absolute atomic E-state index is 0.0557. The average molecular weight is 348 g/mol. The molecule has 0 atom stereocenters. The summed E-state index contributed by atoms with van der Waals surface area (Å²) in [5, 5.41) is 10.5. The van der Waals surface area contributed by atoms with Crippen LogP contribution >= 0.6 is 11.3 Å². The number of thiazole rings is 1. The molecule has 130 valence electrons. The van der Waals surface area contributed by atoms with E-state index in [4.69, 9.17) is 0 Å². The van der Waals surface area contributed by atoms with Crippen molar-refractivity contribution in [2.45, 2.75) is 26.7 Å². The molecule has 8 heteroatoms. The third kappa shape index (κ3) is 3.53. The highest BCUT2D eigenvalue weighted by atomic mass is 32.1. The highest BCUT2D eigenvalue weighted by molar-refractivity contribution is 7.13. The molecular formula is C16H24N6OS. The Morgan fingerprint density at radius 1 is 1.29 bits per heavy atom. The number of amides is 2. The first kappa shape index (κ1) is 16.8. The van der Waals surface area contributed by atoms with Crippen molar-refractivity contribution in [3.63, 3.8) is 0 Å². The van der Waals surface area contributed by atoms with Gasteiger partial charge in [-0.05, 0) is 12.8 Å². The predicted molar refractivity (Wildman–Crippen MR) is 97.0 cm³/mol. The fourth-order valence-corrected chi connectivity index (χ4v) is 3.67. The van der Waals surface area contributed by atoms with Crippen LogP contribution in [0.4, 0.5) is 15.6 Å². The van der Waals surface area contributed by atoms with Gasteiger partial charge in [0.05, 0.1) is 17.1 Å². The molecule has 1 fully saturated rings. The van der Waals surface area contributed by atoms with Crippen molar-refractivity contribution in [1.82, 2.24) is 19.7 Å². The number of hydrogen-bond donors (Lipinski definition) is 1. The van der Waals surface area contributed by atoms with Crippen LogP contribution in [-0.2, 0) is 7.05 Å². The van der Waals surface area contributed by atoms with E-state index in [9.17, 15) is 4.79 Å². The lowest BCUT2D eigenvalue weighted by molar-refractivity contribution is 0.208. The van der Waals surface area contributed by atoms with Crippen molar-refractivity contribution < 1.29 is 4.79 Å². The van der Waals surface area contributed by atoms with E-state index < -0.39 is 0 Å². The van der Waals surface area contributed by atoms with Gasteiger partial charge in [-0.25, -0.2) is 9.78 Å². The van der Waals surface area contributed by atoms with Crippen LogP contribution < -0.4 is 10.2 Å². The van der Waals surface area contributed by atoms with Gasteiger partial charge >= 0.3 is 6.03 Å². The summed E-state index contributed by atoms with van der Waals surface area (Å²) in [6.45, 7) is 9.17. The van der Waals surface area contributed by atoms with Crippen LogP contribution in [0.3, 0.4) is 0 Å². The maximum absolute atomic E-state index is 12.5. The summed E-state index contributed by atoms with van der Waals surface area (Å²) in [6, 6.07) is -0.0557. The number of aryl methyl sites for hydroxylation is 2. The first-order chi connectivity index (χ1) is 11.4. The number of carbonyl (C=O) groups is 1. The summed E-state index contributed by atoms with van der Waals surface area (Å²) < 4.78 is 1.74. The Bertz CT molecular complexity index is 714. The monoisotopic (exact) mass is 348 g/mol. The molecule has 3 heterocycles. The van der Waals surface area contributed by atoms with E-state index in [0.29, 0.717) is 13.1 Å². The van der Waals surface area contributed by atoms with Gasteiger partial charge < -0.3 is 15.1 Å². The van der Waals surface area contributed by atoms with Crippen LogP contribution in [0, 0.1) is 6.92 Å². The van der Waals surface area contributed by atoms with Crippen LogP contribution in [0.5, 0.6) is 0 Å². The van der Waals surface area contributed by atoms with Crippen molar-refractivity contribution in [1.29, 1.82) is 0 Å². The van der Waals surface area contributed by atoms with E-state index >= 15 is 0 Å².